The predicted octanol–water partition coefficient (Wildman–Crippen LogP) is 13.9. The molecule has 74 heavy (non-hydrogen) atoms. The molecule has 1 saturated heterocycles. The molecule has 6 aromatic carbocycles. The second kappa shape index (κ2) is 25.4. The average molecular weight is 1010 g/mol. The summed E-state index contributed by atoms with van der Waals surface area (Å²) >= 11 is 0. The number of likely N-dealkylation sites (tertiary alicyclic amines) is 1. The number of benzene rings is 6. The lowest BCUT2D eigenvalue weighted by molar-refractivity contribution is -0.930. The summed E-state index contributed by atoms with van der Waals surface area (Å²) in [5, 5.41) is 4.37. The van der Waals surface area contributed by atoms with Gasteiger partial charge in [-0.2, -0.15) is 0 Å². The number of hydrogen-bond acceptors (Lipinski definition) is 6. The molecule has 0 amide bonds. The van der Waals surface area contributed by atoms with Crippen molar-refractivity contribution in [3.05, 3.63) is 120 Å². The van der Waals surface area contributed by atoms with Crippen molar-refractivity contribution in [2.45, 2.75) is 99.3 Å². The van der Waals surface area contributed by atoms with Crippen LogP contribution >= 0.6 is 0 Å². The third-order valence-electron chi connectivity index (χ3n) is 18.2. The molecule has 1 spiro atoms. The third kappa shape index (κ3) is 12.3. The molecule has 9 nitrogen and oxygen atoms in total. The molecule has 4 aliphatic rings. The molecule has 10 rings (SSSR count). The van der Waals surface area contributed by atoms with E-state index in [2.05, 4.69) is 165 Å². The molecule has 8 bridgehead atoms. The third-order valence-corrected chi connectivity index (χ3v) is 18.2. The van der Waals surface area contributed by atoms with Gasteiger partial charge in [0.15, 0.2) is 0 Å². The summed E-state index contributed by atoms with van der Waals surface area (Å²) in [5.74, 6) is 5.19. The van der Waals surface area contributed by atoms with Gasteiger partial charge in [0.05, 0.1) is 91.9 Å². The van der Waals surface area contributed by atoms with E-state index in [4.69, 9.17) is 28.4 Å². The van der Waals surface area contributed by atoms with E-state index in [0.29, 0.717) is 39.6 Å². The molecule has 4 aliphatic heterocycles. The number of nitrogens with zero attached hydrogens (tertiary/aromatic N) is 3. The monoisotopic (exact) mass is 1010 g/mol. The highest BCUT2D eigenvalue weighted by atomic mass is 16.5. The SMILES string of the molecule is CC[N+](CC)(CC)CCOc1ccc2ccc3cc2c1-c1c(OCC[N+](CC)(CC)CC)ccc2ccc(cc12)OCCCCOc1ccc(cc1)C1(CC[N+](CC)(CC)CC1)c1ccc(cc1)OCCCCO3. The smallest absolute Gasteiger partial charge is 0.137 e. The molecule has 0 unspecified atom stereocenters. The molecule has 0 aliphatic carbocycles. The molecular weight excluding hydrogens is 919 g/mol. The summed E-state index contributed by atoms with van der Waals surface area (Å²) < 4.78 is 43.3. The van der Waals surface area contributed by atoms with Crippen molar-refractivity contribution in [3.63, 3.8) is 0 Å². The van der Waals surface area contributed by atoms with E-state index in [-0.39, 0.29) is 5.41 Å². The fraction of sp³-hybridized carbons (Fsp3) is 0.508. The van der Waals surface area contributed by atoms with Gasteiger partial charge < -0.3 is 41.9 Å². The average Bonchev–Trinajstić information content (AvgIpc) is 3.45. The number of rotatable bonds is 16. The van der Waals surface area contributed by atoms with Crippen LogP contribution in [0.3, 0.4) is 0 Å². The Bertz CT molecular complexity index is 2510. The lowest BCUT2D eigenvalue weighted by Gasteiger charge is -2.48. The summed E-state index contributed by atoms with van der Waals surface area (Å²) in [4.78, 5) is 0. The van der Waals surface area contributed by atoms with Crippen LogP contribution in [-0.2, 0) is 5.41 Å². The van der Waals surface area contributed by atoms with Crippen molar-refractivity contribution in [1.82, 2.24) is 0 Å². The van der Waals surface area contributed by atoms with E-state index >= 15 is 0 Å². The zero-order valence-corrected chi connectivity index (χ0v) is 46.7. The lowest BCUT2D eigenvalue weighted by atomic mass is 9.67. The van der Waals surface area contributed by atoms with Crippen LogP contribution in [0.1, 0.15) is 105 Å². The first-order chi connectivity index (χ1) is 36.1. The molecule has 9 heteroatoms. The first kappa shape index (κ1) is 54.8. The van der Waals surface area contributed by atoms with Gasteiger partial charge in [0.25, 0.3) is 0 Å². The van der Waals surface area contributed by atoms with E-state index in [1.54, 1.807) is 0 Å². The van der Waals surface area contributed by atoms with Crippen LogP contribution < -0.4 is 28.4 Å². The normalized spacial score (nSPS) is 16.5. The molecule has 0 aromatic heterocycles. The van der Waals surface area contributed by atoms with E-state index in [1.807, 2.05) is 0 Å². The number of hydrogen-bond donors (Lipinski definition) is 0. The number of fused-ring (bicyclic) bond motifs is 2. The van der Waals surface area contributed by atoms with Crippen molar-refractivity contribution in [2.75, 3.05) is 118 Å². The van der Waals surface area contributed by atoms with Crippen LogP contribution in [0.25, 0.3) is 32.7 Å². The van der Waals surface area contributed by atoms with Gasteiger partial charge in [0.2, 0.25) is 0 Å². The Hall–Kier alpha value is -5.48. The summed E-state index contributed by atoms with van der Waals surface area (Å²) in [6.45, 7) is 35.1. The Morgan fingerprint density at radius 2 is 0.770 bits per heavy atom. The van der Waals surface area contributed by atoms with Crippen LogP contribution in [0.15, 0.2) is 109 Å². The van der Waals surface area contributed by atoms with Gasteiger partial charge in [-0.05, 0) is 174 Å². The minimum Gasteiger partial charge on any atom is -0.494 e. The fourth-order valence-electron chi connectivity index (χ4n) is 12.1. The van der Waals surface area contributed by atoms with Gasteiger partial charge in [-0.15, -0.1) is 0 Å². The van der Waals surface area contributed by atoms with Gasteiger partial charge in [-0.1, -0.05) is 48.5 Å². The fourth-order valence-corrected chi connectivity index (χ4v) is 12.1. The Morgan fingerprint density at radius 3 is 1.12 bits per heavy atom. The molecule has 6 aromatic rings. The Labute approximate surface area is 445 Å². The van der Waals surface area contributed by atoms with E-state index in [0.717, 1.165) is 167 Å². The van der Waals surface area contributed by atoms with Crippen molar-refractivity contribution < 1.29 is 41.9 Å². The first-order valence-electron chi connectivity index (χ1n) is 28.8. The zero-order chi connectivity index (χ0) is 52.0. The predicted molar refractivity (Wildman–Crippen MR) is 306 cm³/mol. The van der Waals surface area contributed by atoms with Crippen LogP contribution in [0.4, 0.5) is 0 Å². The van der Waals surface area contributed by atoms with Crippen LogP contribution in [0.2, 0.25) is 0 Å². The second-order valence-corrected chi connectivity index (χ2v) is 21.2. The topological polar surface area (TPSA) is 55.4 Å². The summed E-state index contributed by atoms with van der Waals surface area (Å²) in [6.07, 6.45) is 5.73. The van der Waals surface area contributed by atoms with Crippen LogP contribution in [0, 0.1) is 0 Å². The number of quaternary nitrogens is 3. The molecule has 0 atom stereocenters. The standard InChI is InChI=1S/C65H90N3O6/c1-9-66(10-2,11-3)41-47-73-61-35-23-51-21-29-57-49-59(51)63(61)64-60-50-58(30-22-52(60)24-36-62(64)74-48-42-67(12-4,13-5)14-6)72-46-20-18-44-70-56-33-27-54(28-34-56)65(37-39-68(15-7,16-8)40-38-65)53-25-31-55(32-26-53)69-43-17-19-45-71-57/h21-36,49-50H,9-20,37-48H2,1-8H3/q+3. The van der Waals surface area contributed by atoms with Gasteiger partial charge in [-0.3, -0.25) is 0 Å². The molecule has 398 valence electrons. The van der Waals surface area contributed by atoms with Crippen LogP contribution in [0.5, 0.6) is 34.5 Å². The summed E-state index contributed by atoms with van der Waals surface area (Å²) in [6, 6.07) is 39.7. The summed E-state index contributed by atoms with van der Waals surface area (Å²) in [5.41, 5.74) is 4.73. The van der Waals surface area contributed by atoms with Gasteiger partial charge >= 0.3 is 0 Å². The second-order valence-electron chi connectivity index (χ2n) is 21.2. The highest BCUT2D eigenvalue weighted by molar-refractivity contribution is 6.10. The molecule has 4 heterocycles. The van der Waals surface area contributed by atoms with E-state index in [9.17, 15) is 0 Å². The highest BCUT2D eigenvalue weighted by Gasteiger charge is 2.43. The lowest BCUT2D eigenvalue weighted by Crippen LogP contribution is -2.56. The molecule has 1 fully saturated rings. The largest absolute Gasteiger partial charge is 0.494 e. The number of ether oxygens (including phenoxy) is 6. The van der Waals surface area contributed by atoms with E-state index in [1.165, 1.54) is 41.8 Å². The number of piperidine rings is 1. The molecule has 0 N–H and O–H groups in total. The van der Waals surface area contributed by atoms with Crippen molar-refractivity contribution in [3.8, 4) is 45.6 Å². The van der Waals surface area contributed by atoms with Crippen molar-refractivity contribution >= 4 is 21.5 Å². The molecular formula is C65H90N3O6+3. The number of likely N-dealkylation sites (N-methyl/N-ethyl adjacent to an activating group) is 2. The van der Waals surface area contributed by atoms with Crippen molar-refractivity contribution in [2.24, 2.45) is 0 Å². The maximum atomic E-state index is 7.02. The van der Waals surface area contributed by atoms with E-state index < -0.39 is 0 Å². The van der Waals surface area contributed by atoms with Gasteiger partial charge in [-0.25, -0.2) is 0 Å². The molecule has 0 saturated carbocycles. The van der Waals surface area contributed by atoms with Crippen LogP contribution in [-0.4, -0.2) is 132 Å². The van der Waals surface area contributed by atoms with Gasteiger partial charge in [0.1, 0.15) is 60.8 Å². The summed E-state index contributed by atoms with van der Waals surface area (Å²) in [7, 11) is 0. The minimum atomic E-state index is -0.0513. The van der Waals surface area contributed by atoms with Gasteiger partial charge in [0, 0.05) is 29.4 Å². The first-order valence-corrected chi connectivity index (χ1v) is 28.8. The Balaban J connectivity index is 1.14. The van der Waals surface area contributed by atoms with Crippen molar-refractivity contribution in [1.29, 1.82) is 0 Å². The highest BCUT2D eigenvalue weighted by Crippen LogP contribution is 2.48. The zero-order valence-electron chi connectivity index (χ0n) is 46.7. The molecule has 0 radical (unpaired) electrons. The maximum Gasteiger partial charge on any atom is 0.137 e. The quantitative estimate of drug-likeness (QED) is 0.0901. The Kier molecular flexibility index (Phi) is 18.8. The Morgan fingerprint density at radius 1 is 0.432 bits per heavy atom. The minimum absolute atomic E-state index is 0.0513. The maximum absolute atomic E-state index is 7.02.